The smallest absolute Gasteiger partial charge is 0.313 e. The largest absolute Gasteiger partial charge is 0.466 e. The van der Waals surface area contributed by atoms with Crippen LogP contribution in [0.15, 0.2) is 24.3 Å². The van der Waals surface area contributed by atoms with Crippen molar-refractivity contribution in [2.75, 3.05) is 12.4 Å². The Hall–Kier alpha value is -1.20. The number of hydrogen-bond donors (Lipinski definition) is 0. The van der Waals surface area contributed by atoms with E-state index < -0.39 is 16.8 Å². The van der Waals surface area contributed by atoms with Crippen LogP contribution in [-0.4, -0.2) is 28.3 Å². The lowest BCUT2D eigenvalue weighted by atomic mass is 10.2. The summed E-state index contributed by atoms with van der Waals surface area (Å²) in [4.78, 5) is 22.6. The number of hydrogen-bond acceptors (Lipinski definition) is 4. The standard InChI is InChI=1S/C13H15ClO4S/c1-2-18-13(16)7-11(15)9-19(17)8-10-5-3-4-6-12(10)14/h3-6H,2,7-9H2,1H3. The van der Waals surface area contributed by atoms with Crippen LogP contribution in [0.2, 0.25) is 5.02 Å². The highest BCUT2D eigenvalue weighted by Crippen LogP contribution is 2.16. The van der Waals surface area contributed by atoms with Crippen LogP contribution in [0.4, 0.5) is 0 Å². The summed E-state index contributed by atoms with van der Waals surface area (Å²) in [5, 5.41) is 0.522. The highest BCUT2D eigenvalue weighted by atomic mass is 35.5. The minimum Gasteiger partial charge on any atom is -0.466 e. The Morgan fingerprint density at radius 2 is 2.00 bits per heavy atom. The van der Waals surface area contributed by atoms with Crippen LogP contribution in [0.3, 0.4) is 0 Å². The van der Waals surface area contributed by atoms with Crippen molar-refractivity contribution in [2.24, 2.45) is 0 Å². The van der Waals surface area contributed by atoms with Crippen molar-refractivity contribution in [3.05, 3.63) is 34.9 Å². The van der Waals surface area contributed by atoms with Crippen LogP contribution in [0, 0.1) is 0 Å². The van der Waals surface area contributed by atoms with Gasteiger partial charge in [-0.3, -0.25) is 13.8 Å². The van der Waals surface area contributed by atoms with Gasteiger partial charge in [0.15, 0.2) is 5.78 Å². The molecule has 0 radical (unpaired) electrons. The van der Waals surface area contributed by atoms with Gasteiger partial charge in [0, 0.05) is 15.8 Å². The molecule has 0 saturated carbocycles. The monoisotopic (exact) mass is 302 g/mol. The van der Waals surface area contributed by atoms with E-state index in [4.69, 9.17) is 11.6 Å². The van der Waals surface area contributed by atoms with Gasteiger partial charge < -0.3 is 4.74 Å². The maximum atomic E-state index is 11.8. The molecule has 104 valence electrons. The van der Waals surface area contributed by atoms with Gasteiger partial charge >= 0.3 is 5.97 Å². The van der Waals surface area contributed by atoms with Crippen LogP contribution < -0.4 is 0 Å². The zero-order chi connectivity index (χ0) is 14.3. The van der Waals surface area contributed by atoms with Gasteiger partial charge in [0.05, 0.1) is 18.1 Å². The van der Waals surface area contributed by atoms with Crippen molar-refractivity contribution in [1.29, 1.82) is 0 Å². The number of esters is 1. The summed E-state index contributed by atoms with van der Waals surface area (Å²) in [6.45, 7) is 1.90. The fourth-order valence-electron chi connectivity index (χ4n) is 1.44. The van der Waals surface area contributed by atoms with Gasteiger partial charge in [0.1, 0.15) is 6.42 Å². The average molecular weight is 303 g/mol. The Balaban J connectivity index is 2.45. The SMILES string of the molecule is CCOC(=O)CC(=O)CS(=O)Cc1ccccc1Cl. The molecule has 0 amide bonds. The molecule has 1 rings (SSSR count). The van der Waals surface area contributed by atoms with Crippen molar-refractivity contribution >= 4 is 34.2 Å². The average Bonchev–Trinajstić information content (AvgIpc) is 2.31. The molecular formula is C13H15ClO4S. The molecule has 0 heterocycles. The van der Waals surface area contributed by atoms with Gasteiger partial charge in [-0.05, 0) is 18.6 Å². The third-order valence-corrected chi connectivity index (χ3v) is 3.89. The number of ether oxygens (including phenoxy) is 1. The van der Waals surface area contributed by atoms with Crippen LogP contribution in [-0.2, 0) is 30.9 Å². The zero-order valence-electron chi connectivity index (χ0n) is 10.6. The predicted molar refractivity (Wildman–Crippen MR) is 74.4 cm³/mol. The van der Waals surface area contributed by atoms with Crippen molar-refractivity contribution in [1.82, 2.24) is 0 Å². The van der Waals surface area contributed by atoms with E-state index in [1.54, 1.807) is 31.2 Å². The van der Waals surface area contributed by atoms with Gasteiger partial charge in [-0.1, -0.05) is 29.8 Å². The second-order valence-corrected chi connectivity index (χ2v) is 5.70. The molecule has 1 aromatic rings. The van der Waals surface area contributed by atoms with E-state index in [1.165, 1.54) is 0 Å². The molecule has 0 fully saturated rings. The van der Waals surface area contributed by atoms with Crippen molar-refractivity contribution < 1.29 is 18.5 Å². The van der Waals surface area contributed by atoms with Crippen LogP contribution >= 0.6 is 11.6 Å². The van der Waals surface area contributed by atoms with E-state index in [0.29, 0.717) is 5.02 Å². The molecule has 0 N–H and O–H groups in total. The Morgan fingerprint density at radius 3 is 2.63 bits per heavy atom. The van der Waals surface area contributed by atoms with E-state index in [1.807, 2.05) is 0 Å². The molecule has 0 aliphatic rings. The summed E-state index contributed by atoms with van der Waals surface area (Å²) in [5.74, 6) is -0.927. The summed E-state index contributed by atoms with van der Waals surface area (Å²) < 4.78 is 16.4. The summed E-state index contributed by atoms with van der Waals surface area (Å²) in [6.07, 6.45) is -0.331. The number of carbonyl (C=O) groups excluding carboxylic acids is 2. The highest BCUT2D eigenvalue weighted by Gasteiger charge is 2.14. The first-order chi connectivity index (χ1) is 9.02. The molecule has 0 aromatic heterocycles. The van der Waals surface area contributed by atoms with Crippen molar-refractivity contribution in [3.63, 3.8) is 0 Å². The highest BCUT2D eigenvalue weighted by molar-refractivity contribution is 7.84. The second kappa shape index (κ2) is 8.07. The molecule has 1 unspecified atom stereocenters. The van der Waals surface area contributed by atoms with Gasteiger partial charge in [0.25, 0.3) is 0 Å². The summed E-state index contributed by atoms with van der Waals surface area (Å²) in [7, 11) is -1.37. The van der Waals surface area contributed by atoms with Gasteiger partial charge in [-0.2, -0.15) is 0 Å². The van der Waals surface area contributed by atoms with Crippen LogP contribution in [0.1, 0.15) is 18.9 Å². The number of carbonyl (C=O) groups is 2. The van der Waals surface area contributed by atoms with Gasteiger partial charge in [0.2, 0.25) is 0 Å². The molecule has 0 spiro atoms. The number of rotatable bonds is 7. The topological polar surface area (TPSA) is 60.4 Å². The number of benzene rings is 1. The molecule has 0 aliphatic carbocycles. The zero-order valence-corrected chi connectivity index (χ0v) is 12.1. The Labute approximate surface area is 119 Å². The van der Waals surface area contributed by atoms with Gasteiger partial charge in [-0.15, -0.1) is 0 Å². The maximum absolute atomic E-state index is 11.8. The maximum Gasteiger partial charge on any atom is 0.313 e. The quantitative estimate of drug-likeness (QED) is 0.572. The molecule has 19 heavy (non-hydrogen) atoms. The van der Waals surface area contributed by atoms with Crippen LogP contribution in [0.5, 0.6) is 0 Å². The van der Waals surface area contributed by atoms with Crippen molar-refractivity contribution in [3.8, 4) is 0 Å². The first-order valence-corrected chi connectivity index (χ1v) is 7.65. The molecule has 4 nitrogen and oxygen atoms in total. The first-order valence-electron chi connectivity index (χ1n) is 5.78. The normalized spacial score (nSPS) is 11.9. The van der Waals surface area contributed by atoms with Crippen molar-refractivity contribution in [2.45, 2.75) is 19.1 Å². The van der Waals surface area contributed by atoms with E-state index in [2.05, 4.69) is 4.74 Å². The second-order valence-electron chi connectivity index (χ2n) is 3.84. The molecular weight excluding hydrogens is 288 g/mol. The fraction of sp³-hybridized carbons (Fsp3) is 0.385. The lowest BCUT2D eigenvalue weighted by Crippen LogP contribution is -2.17. The lowest BCUT2D eigenvalue weighted by molar-refractivity contribution is -0.145. The molecule has 1 atom stereocenters. The Kier molecular flexibility index (Phi) is 6.73. The minimum absolute atomic E-state index is 0.163. The molecule has 1 aromatic carbocycles. The third-order valence-electron chi connectivity index (χ3n) is 2.24. The third kappa shape index (κ3) is 5.98. The molecule has 0 bridgehead atoms. The molecule has 6 heteroatoms. The predicted octanol–water partition coefficient (Wildman–Crippen LogP) is 2.11. The van der Waals surface area contributed by atoms with Crippen LogP contribution in [0.25, 0.3) is 0 Å². The number of ketones is 1. The van der Waals surface area contributed by atoms with E-state index in [9.17, 15) is 13.8 Å². The fourth-order valence-corrected chi connectivity index (χ4v) is 2.89. The van der Waals surface area contributed by atoms with E-state index >= 15 is 0 Å². The molecule has 0 aliphatic heterocycles. The Bertz CT molecular complexity index is 487. The summed E-state index contributed by atoms with van der Waals surface area (Å²) in [5.41, 5.74) is 0.728. The summed E-state index contributed by atoms with van der Waals surface area (Å²) >= 11 is 5.94. The van der Waals surface area contributed by atoms with E-state index in [0.717, 1.165) is 5.56 Å². The van der Waals surface area contributed by atoms with Gasteiger partial charge in [-0.25, -0.2) is 0 Å². The minimum atomic E-state index is -1.37. The number of halogens is 1. The molecule has 0 saturated heterocycles. The first kappa shape index (κ1) is 15.9. The Morgan fingerprint density at radius 1 is 1.32 bits per heavy atom. The summed E-state index contributed by atoms with van der Waals surface area (Å²) in [6, 6.07) is 7.03. The van der Waals surface area contributed by atoms with E-state index in [-0.39, 0.29) is 30.3 Å². The lowest BCUT2D eigenvalue weighted by Gasteiger charge is -2.04. The number of Topliss-reactive ketones (excluding diaryl/α,β-unsaturated/α-hetero) is 1.